The van der Waals surface area contributed by atoms with E-state index >= 15 is 0 Å². The molecule has 0 bridgehead atoms. The Labute approximate surface area is 129 Å². The molecule has 22 heavy (non-hydrogen) atoms. The van der Waals surface area contributed by atoms with Crippen LogP contribution >= 0.6 is 0 Å². The van der Waals surface area contributed by atoms with E-state index < -0.39 is 20.2 Å². The number of H-pyrrole nitrogens is 2. The van der Waals surface area contributed by atoms with Crippen molar-refractivity contribution in [1.29, 1.82) is 0 Å². The predicted octanol–water partition coefficient (Wildman–Crippen LogP) is 0.276. The highest BCUT2D eigenvalue weighted by atomic mass is 28.4. The lowest BCUT2D eigenvalue weighted by molar-refractivity contribution is 0.0695. The minimum absolute atomic E-state index is 0.106. The number of nitrogens with one attached hydrogen (secondary N) is 2. The van der Waals surface area contributed by atoms with Crippen molar-refractivity contribution < 1.29 is 18.0 Å². The fourth-order valence-corrected chi connectivity index (χ4v) is 4.48. The smallest absolute Gasteiger partial charge is 0.465 e. The maximum Gasteiger partial charge on any atom is 0.501 e. The molecule has 10 heteroatoms. The maximum atomic E-state index is 11.1. The normalized spacial score (nSPS) is 11.6. The van der Waals surface area contributed by atoms with E-state index in [1.54, 1.807) is 0 Å². The zero-order valence-electron chi connectivity index (χ0n) is 13.1. The van der Waals surface area contributed by atoms with Crippen molar-refractivity contribution in [3.8, 4) is 6.01 Å². The lowest BCUT2D eigenvalue weighted by atomic mass is 10.5. The third kappa shape index (κ3) is 6.09. The van der Waals surface area contributed by atoms with Gasteiger partial charge in [0.15, 0.2) is 0 Å². The van der Waals surface area contributed by atoms with E-state index in [0.717, 1.165) is 0 Å². The first-order valence-corrected chi connectivity index (χ1v) is 9.23. The average Bonchev–Trinajstić information content (AvgIpc) is 2.43. The highest BCUT2D eigenvalue weighted by Gasteiger charge is 2.39. The maximum absolute atomic E-state index is 11.1. The van der Waals surface area contributed by atoms with Crippen LogP contribution in [0.4, 0.5) is 0 Å². The van der Waals surface area contributed by atoms with Gasteiger partial charge in [-0.05, 0) is 27.2 Å². The summed E-state index contributed by atoms with van der Waals surface area (Å²) in [7, 11) is -2.70. The van der Waals surface area contributed by atoms with Gasteiger partial charge in [-0.3, -0.25) is 9.97 Å². The van der Waals surface area contributed by atoms with E-state index in [-0.39, 0.29) is 12.6 Å². The molecule has 1 heterocycles. The minimum Gasteiger partial charge on any atom is -0.465 e. The highest BCUT2D eigenvalue weighted by Crippen LogP contribution is 2.18. The lowest BCUT2D eigenvalue weighted by Gasteiger charge is -2.28. The molecule has 9 nitrogen and oxygen atoms in total. The van der Waals surface area contributed by atoms with Gasteiger partial charge in [0.1, 0.15) is 0 Å². The number of aromatic nitrogens is 3. The zero-order chi connectivity index (χ0) is 16.4. The minimum atomic E-state index is -2.70. The summed E-state index contributed by atoms with van der Waals surface area (Å²) < 4.78 is 22.4. The Balaban J connectivity index is 2.54. The van der Waals surface area contributed by atoms with Crippen LogP contribution in [0.1, 0.15) is 27.2 Å². The topological polar surface area (TPSA) is 116 Å². The van der Waals surface area contributed by atoms with Crippen LogP contribution in [0.2, 0.25) is 6.04 Å². The summed E-state index contributed by atoms with van der Waals surface area (Å²) >= 11 is 0. The van der Waals surface area contributed by atoms with E-state index in [4.69, 9.17) is 18.0 Å². The molecule has 0 aliphatic heterocycles. The van der Waals surface area contributed by atoms with Gasteiger partial charge in [-0.25, -0.2) is 9.59 Å². The number of ether oxygens (including phenoxy) is 1. The monoisotopic (exact) mass is 333 g/mol. The summed E-state index contributed by atoms with van der Waals surface area (Å²) in [5.74, 6) is 0. The summed E-state index contributed by atoms with van der Waals surface area (Å²) in [4.78, 5) is 29.9. The second-order valence-corrected chi connectivity index (χ2v) is 6.97. The van der Waals surface area contributed by atoms with Gasteiger partial charge in [0.25, 0.3) is 0 Å². The molecule has 1 aromatic rings. The van der Waals surface area contributed by atoms with Gasteiger partial charge in [0.05, 0.1) is 6.61 Å². The lowest BCUT2D eigenvalue weighted by Crippen LogP contribution is -2.46. The molecule has 1 rings (SSSR count). The molecule has 0 spiro atoms. The summed E-state index contributed by atoms with van der Waals surface area (Å²) in [6.07, 6.45) is 0.586. The van der Waals surface area contributed by atoms with Gasteiger partial charge in [-0.1, -0.05) is 0 Å². The number of hydrogen-bond donors (Lipinski definition) is 2. The Kier molecular flexibility index (Phi) is 8.02. The molecule has 0 unspecified atom stereocenters. The number of aromatic amines is 2. The van der Waals surface area contributed by atoms with E-state index in [1.165, 1.54) is 0 Å². The third-order valence-electron chi connectivity index (χ3n) is 2.60. The van der Waals surface area contributed by atoms with Crippen LogP contribution in [-0.4, -0.2) is 50.2 Å². The van der Waals surface area contributed by atoms with E-state index in [2.05, 4.69) is 9.97 Å². The molecule has 0 radical (unpaired) electrons. The van der Waals surface area contributed by atoms with Crippen LogP contribution < -0.4 is 16.1 Å². The fraction of sp³-hybridized carbons (Fsp3) is 0.750. The summed E-state index contributed by atoms with van der Waals surface area (Å²) in [5.41, 5.74) is -1.41. The van der Waals surface area contributed by atoms with Crippen molar-refractivity contribution in [2.75, 3.05) is 26.4 Å². The Morgan fingerprint density at radius 2 is 1.59 bits per heavy atom. The average molecular weight is 333 g/mol. The molecule has 0 amide bonds. The molecular formula is C12H23N3O6Si. The molecule has 0 aliphatic carbocycles. The van der Waals surface area contributed by atoms with Gasteiger partial charge < -0.3 is 18.0 Å². The number of hydrogen-bond acceptors (Lipinski definition) is 7. The molecule has 0 atom stereocenters. The van der Waals surface area contributed by atoms with Gasteiger partial charge >= 0.3 is 26.2 Å². The quantitative estimate of drug-likeness (QED) is 0.441. The predicted molar refractivity (Wildman–Crippen MR) is 81.0 cm³/mol. The standard InChI is InChI=1S/C12H23N3O6Si/c1-4-19-22(20-5-2,21-6-3)9-7-8-18-12-14-10(16)13-11(17)15-12/h4-9H2,1-3H3,(H2,13,14,15,16,17). The molecule has 0 aromatic carbocycles. The summed E-state index contributed by atoms with van der Waals surface area (Å²) in [6.45, 7) is 7.46. The number of rotatable bonds is 11. The number of nitrogens with zero attached hydrogens (tertiary/aromatic N) is 1. The summed E-state index contributed by atoms with van der Waals surface area (Å²) in [6, 6.07) is 0.473. The molecule has 0 saturated heterocycles. The van der Waals surface area contributed by atoms with Crippen molar-refractivity contribution in [3.05, 3.63) is 21.0 Å². The van der Waals surface area contributed by atoms with Crippen LogP contribution in [0.15, 0.2) is 9.59 Å². The second-order valence-electron chi connectivity index (χ2n) is 4.24. The van der Waals surface area contributed by atoms with Crippen LogP contribution in [-0.2, 0) is 13.3 Å². The van der Waals surface area contributed by atoms with Crippen molar-refractivity contribution >= 4 is 8.80 Å². The van der Waals surface area contributed by atoms with Crippen LogP contribution in [0, 0.1) is 0 Å². The zero-order valence-corrected chi connectivity index (χ0v) is 14.1. The molecule has 2 N–H and O–H groups in total. The van der Waals surface area contributed by atoms with Gasteiger partial charge in [0, 0.05) is 25.9 Å². The largest absolute Gasteiger partial charge is 0.501 e. The Morgan fingerprint density at radius 1 is 1.00 bits per heavy atom. The van der Waals surface area contributed by atoms with Crippen LogP contribution in [0.3, 0.4) is 0 Å². The Bertz CT molecular complexity index is 501. The Morgan fingerprint density at radius 3 is 2.09 bits per heavy atom. The van der Waals surface area contributed by atoms with E-state index in [1.807, 2.05) is 25.8 Å². The van der Waals surface area contributed by atoms with E-state index in [0.29, 0.717) is 32.3 Å². The first-order valence-electron chi connectivity index (χ1n) is 7.30. The first kappa shape index (κ1) is 18.6. The van der Waals surface area contributed by atoms with E-state index in [9.17, 15) is 9.59 Å². The fourth-order valence-electron chi connectivity index (χ4n) is 1.90. The summed E-state index contributed by atoms with van der Waals surface area (Å²) in [5, 5.41) is 0. The van der Waals surface area contributed by atoms with Crippen molar-refractivity contribution in [2.24, 2.45) is 0 Å². The van der Waals surface area contributed by atoms with Gasteiger partial charge in [0.2, 0.25) is 0 Å². The Hall–Kier alpha value is -1.49. The van der Waals surface area contributed by atoms with Gasteiger partial charge in [-0.2, -0.15) is 0 Å². The van der Waals surface area contributed by atoms with Crippen LogP contribution in [0.25, 0.3) is 0 Å². The van der Waals surface area contributed by atoms with Crippen LogP contribution in [0.5, 0.6) is 6.01 Å². The van der Waals surface area contributed by atoms with Crippen molar-refractivity contribution in [2.45, 2.75) is 33.2 Å². The molecular weight excluding hydrogens is 310 g/mol. The first-order chi connectivity index (χ1) is 10.5. The van der Waals surface area contributed by atoms with Crippen molar-refractivity contribution in [3.63, 3.8) is 0 Å². The van der Waals surface area contributed by atoms with Gasteiger partial charge in [-0.15, -0.1) is 4.98 Å². The molecule has 0 aliphatic rings. The molecule has 0 saturated carbocycles. The third-order valence-corrected chi connectivity index (χ3v) is 5.75. The highest BCUT2D eigenvalue weighted by molar-refractivity contribution is 6.60. The molecule has 1 aromatic heterocycles. The molecule has 126 valence electrons. The SMILES string of the molecule is CCO[Si](CCCOc1nc(=O)[nH]c(=O)[nH]1)(OCC)OCC. The molecule has 0 fully saturated rings. The van der Waals surface area contributed by atoms with Crippen molar-refractivity contribution in [1.82, 2.24) is 15.0 Å². The second kappa shape index (κ2) is 9.51.